The zero-order valence-corrected chi connectivity index (χ0v) is 10.6. The lowest BCUT2D eigenvalue weighted by Crippen LogP contribution is -1.98. The van der Waals surface area contributed by atoms with Crippen LogP contribution in [0.2, 0.25) is 0 Å². The molecule has 102 valence electrons. The summed E-state index contributed by atoms with van der Waals surface area (Å²) in [5.74, 6) is 0.232. The molecule has 0 N–H and O–H groups in total. The molecule has 0 fully saturated rings. The minimum atomic E-state index is -0.556. The second-order valence-electron chi connectivity index (χ2n) is 3.91. The molecular weight excluding hydrogens is 260 g/mol. The van der Waals surface area contributed by atoms with E-state index in [-0.39, 0.29) is 17.0 Å². The molecule has 0 aliphatic rings. The molecule has 0 atom stereocenters. The molecule has 6 heteroatoms. The number of nitrogens with zero attached hydrogens (tertiary/aromatic N) is 2. The number of aliphatic imine (C=N–C) groups is 1. The van der Waals surface area contributed by atoms with Gasteiger partial charge in [0.2, 0.25) is 0 Å². The van der Waals surface area contributed by atoms with Gasteiger partial charge in [0, 0.05) is 18.3 Å². The number of nitro groups is 1. The zero-order chi connectivity index (χ0) is 14.5. The van der Waals surface area contributed by atoms with E-state index in [1.54, 1.807) is 24.3 Å². The first kappa shape index (κ1) is 13.5. The lowest BCUT2D eigenvalue weighted by molar-refractivity contribution is -0.385. The Kier molecular flexibility index (Phi) is 3.95. The first-order valence-corrected chi connectivity index (χ1v) is 5.74. The van der Waals surface area contributed by atoms with Crippen LogP contribution in [0.5, 0.6) is 11.5 Å². The van der Waals surface area contributed by atoms with Crippen LogP contribution in [0.1, 0.15) is 5.56 Å². The molecule has 0 radical (unpaired) electrons. The Labute approximate surface area is 115 Å². The Hall–Kier alpha value is -2.89. The molecule has 0 bridgehead atoms. The number of ether oxygens (including phenoxy) is 1. The highest BCUT2D eigenvalue weighted by molar-refractivity contribution is 5.86. The van der Waals surface area contributed by atoms with Crippen LogP contribution in [0, 0.1) is 10.1 Å². The Morgan fingerprint density at radius 3 is 2.70 bits per heavy atom. The highest BCUT2D eigenvalue weighted by Crippen LogP contribution is 2.27. The van der Waals surface area contributed by atoms with E-state index in [1.165, 1.54) is 25.5 Å². The minimum Gasteiger partial charge on any atom is -0.872 e. The van der Waals surface area contributed by atoms with E-state index in [0.717, 1.165) is 6.07 Å². The van der Waals surface area contributed by atoms with Crippen molar-refractivity contribution in [2.24, 2.45) is 4.99 Å². The SMILES string of the molecule is COc1ccccc1N=Cc1cc([N+](=O)[O-])ccc1[O-]. The van der Waals surface area contributed by atoms with Gasteiger partial charge in [-0.2, -0.15) is 0 Å². The highest BCUT2D eigenvalue weighted by atomic mass is 16.6. The van der Waals surface area contributed by atoms with E-state index in [4.69, 9.17) is 4.74 Å². The van der Waals surface area contributed by atoms with E-state index in [9.17, 15) is 15.2 Å². The van der Waals surface area contributed by atoms with Crippen molar-refractivity contribution in [2.45, 2.75) is 0 Å². The van der Waals surface area contributed by atoms with Crippen LogP contribution in [0.4, 0.5) is 11.4 Å². The fraction of sp³-hybridized carbons (Fsp3) is 0.0714. The summed E-state index contributed by atoms with van der Waals surface area (Å²) in [7, 11) is 1.51. The summed E-state index contributed by atoms with van der Waals surface area (Å²) in [6.07, 6.45) is 1.30. The summed E-state index contributed by atoms with van der Waals surface area (Å²) >= 11 is 0. The van der Waals surface area contributed by atoms with Crippen molar-refractivity contribution in [3.05, 3.63) is 58.1 Å². The molecule has 6 nitrogen and oxygen atoms in total. The van der Waals surface area contributed by atoms with Gasteiger partial charge >= 0.3 is 0 Å². The fourth-order valence-electron chi connectivity index (χ4n) is 1.63. The third kappa shape index (κ3) is 2.92. The third-order valence-electron chi connectivity index (χ3n) is 2.63. The van der Waals surface area contributed by atoms with E-state index in [1.807, 2.05) is 0 Å². The molecule has 2 aromatic rings. The molecule has 0 spiro atoms. The molecule has 0 aromatic heterocycles. The summed E-state index contributed by atoms with van der Waals surface area (Å²) in [5, 5.41) is 22.3. The highest BCUT2D eigenvalue weighted by Gasteiger charge is 2.05. The van der Waals surface area contributed by atoms with Crippen LogP contribution in [-0.4, -0.2) is 18.2 Å². The number of benzene rings is 2. The molecule has 0 heterocycles. The van der Waals surface area contributed by atoms with Gasteiger partial charge in [0.25, 0.3) is 5.69 Å². The maximum atomic E-state index is 11.6. The van der Waals surface area contributed by atoms with Crippen molar-refractivity contribution in [2.75, 3.05) is 7.11 Å². The van der Waals surface area contributed by atoms with E-state index in [2.05, 4.69) is 4.99 Å². The predicted octanol–water partition coefficient (Wildman–Crippen LogP) is 2.43. The van der Waals surface area contributed by atoms with E-state index >= 15 is 0 Å². The summed E-state index contributed by atoms with van der Waals surface area (Å²) in [6.45, 7) is 0. The third-order valence-corrected chi connectivity index (χ3v) is 2.63. The monoisotopic (exact) mass is 271 g/mol. The molecule has 2 aromatic carbocycles. The molecule has 0 aliphatic heterocycles. The van der Waals surface area contributed by atoms with Crippen molar-refractivity contribution in [3.8, 4) is 11.5 Å². The topological polar surface area (TPSA) is 87.8 Å². The summed E-state index contributed by atoms with van der Waals surface area (Å²) in [4.78, 5) is 14.3. The predicted molar refractivity (Wildman–Crippen MR) is 72.8 cm³/mol. The first-order valence-electron chi connectivity index (χ1n) is 5.74. The Balaban J connectivity index is 2.36. The molecule has 0 unspecified atom stereocenters. The van der Waals surface area contributed by atoms with Crippen LogP contribution in [0.3, 0.4) is 0 Å². The average molecular weight is 271 g/mol. The smallest absolute Gasteiger partial charge is 0.270 e. The van der Waals surface area contributed by atoms with Crippen LogP contribution >= 0.6 is 0 Å². The number of rotatable bonds is 4. The van der Waals surface area contributed by atoms with Crippen LogP contribution in [0.25, 0.3) is 0 Å². The second kappa shape index (κ2) is 5.83. The maximum absolute atomic E-state index is 11.6. The molecule has 2 rings (SSSR count). The number of hydrogen-bond acceptors (Lipinski definition) is 5. The van der Waals surface area contributed by atoms with Gasteiger partial charge in [-0.05, 0) is 17.7 Å². The van der Waals surface area contributed by atoms with Gasteiger partial charge in [0.15, 0.2) is 0 Å². The lowest BCUT2D eigenvalue weighted by atomic mass is 10.2. The van der Waals surface area contributed by atoms with E-state index < -0.39 is 4.92 Å². The largest absolute Gasteiger partial charge is 0.872 e. The van der Waals surface area contributed by atoms with Gasteiger partial charge in [-0.25, -0.2) is 0 Å². The van der Waals surface area contributed by atoms with Crippen molar-refractivity contribution < 1.29 is 14.8 Å². The molecule has 20 heavy (non-hydrogen) atoms. The number of para-hydroxylation sites is 2. The van der Waals surface area contributed by atoms with Crippen LogP contribution in [0.15, 0.2) is 47.5 Å². The van der Waals surface area contributed by atoms with Gasteiger partial charge < -0.3 is 9.84 Å². The van der Waals surface area contributed by atoms with Gasteiger partial charge in [-0.15, -0.1) is 0 Å². The van der Waals surface area contributed by atoms with Crippen molar-refractivity contribution in [3.63, 3.8) is 0 Å². The molecular formula is C14H11N2O4-. The molecule has 0 saturated heterocycles. The van der Waals surface area contributed by atoms with Gasteiger partial charge in [0.1, 0.15) is 11.4 Å². The average Bonchev–Trinajstić information content (AvgIpc) is 2.46. The van der Waals surface area contributed by atoms with Crippen molar-refractivity contribution in [1.29, 1.82) is 0 Å². The summed E-state index contributed by atoms with van der Waals surface area (Å²) in [5.41, 5.74) is 0.553. The van der Waals surface area contributed by atoms with Gasteiger partial charge in [-0.1, -0.05) is 23.9 Å². The number of methoxy groups -OCH3 is 1. The van der Waals surface area contributed by atoms with Crippen LogP contribution < -0.4 is 9.84 Å². The van der Waals surface area contributed by atoms with Gasteiger partial charge in [0.05, 0.1) is 12.0 Å². The first-order chi connectivity index (χ1) is 9.61. The zero-order valence-electron chi connectivity index (χ0n) is 10.6. The standard InChI is InChI=1S/C14H12N2O4/c1-20-14-5-3-2-4-12(14)15-9-10-8-11(16(18)19)6-7-13(10)17/h2-9,17H,1H3/p-1. The maximum Gasteiger partial charge on any atom is 0.270 e. The fourth-order valence-corrected chi connectivity index (χ4v) is 1.63. The minimum absolute atomic E-state index is 0.147. The van der Waals surface area contributed by atoms with Crippen molar-refractivity contribution in [1.82, 2.24) is 0 Å². The normalized spacial score (nSPS) is 10.7. The number of hydrogen-bond donors (Lipinski definition) is 0. The Bertz CT molecular complexity index is 668. The van der Waals surface area contributed by atoms with Crippen LogP contribution in [-0.2, 0) is 0 Å². The Morgan fingerprint density at radius 1 is 1.25 bits per heavy atom. The summed E-state index contributed by atoms with van der Waals surface area (Å²) in [6, 6.07) is 10.5. The quantitative estimate of drug-likeness (QED) is 0.485. The molecule has 0 aliphatic carbocycles. The summed E-state index contributed by atoms with van der Waals surface area (Å²) < 4.78 is 5.13. The molecule has 0 amide bonds. The molecule has 0 saturated carbocycles. The van der Waals surface area contributed by atoms with E-state index in [0.29, 0.717) is 11.4 Å². The lowest BCUT2D eigenvalue weighted by Gasteiger charge is -2.09. The number of non-ortho nitro benzene ring substituents is 1. The second-order valence-corrected chi connectivity index (χ2v) is 3.91. The van der Waals surface area contributed by atoms with Crippen molar-refractivity contribution >= 4 is 17.6 Å². The Morgan fingerprint density at radius 2 is 2.00 bits per heavy atom. The van der Waals surface area contributed by atoms with Gasteiger partial charge in [-0.3, -0.25) is 15.1 Å². The number of nitro benzene ring substituents is 1.